The van der Waals surface area contributed by atoms with E-state index in [1.165, 1.54) is 28.0 Å². The molecule has 174 valence electrons. The van der Waals surface area contributed by atoms with Gasteiger partial charge in [0.2, 0.25) is 5.71 Å². The highest BCUT2D eigenvalue weighted by Crippen LogP contribution is 2.34. The lowest BCUT2D eigenvalue weighted by molar-refractivity contribution is -0.544. The third-order valence-corrected chi connectivity index (χ3v) is 6.54. The van der Waals surface area contributed by atoms with Gasteiger partial charge < -0.3 is 21.9 Å². The summed E-state index contributed by atoms with van der Waals surface area (Å²) < 4.78 is 13.6. The summed E-state index contributed by atoms with van der Waals surface area (Å²) in [5.74, 6) is 1.52. The lowest BCUT2D eigenvalue weighted by Crippen LogP contribution is -3.00. The Kier molecular flexibility index (Phi) is 7.76. The highest BCUT2D eigenvalue weighted by molar-refractivity contribution is 6.31. The van der Waals surface area contributed by atoms with Crippen LogP contribution >= 0.6 is 11.6 Å². The zero-order valence-corrected chi connectivity index (χ0v) is 21.4. The molecule has 5 heteroatoms. The topological polar surface area (TPSA) is 21.5 Å². The first-order valence-corrected chi connectivity index (χ1v) is 11.4. The molecule has 0 aromatic heterocycles. The number of benzene rings is 3. The number of hydrogen-bond acceptors (Lipinski definition) is 2. The molecule has 0 fully saturated rings. The van der Waals surface area contributed by atoms with Crippen molar-refractivity contribution in [3.63, 3.8) is 0 Å². The lowest BCUT2D eigenvalue weighted by atomic mass is 9.85. The highest BCUT2D eigenvalue weighted by atomic mass is 35.5. The Labute approximate surface area is 208 Å². The second-order valence-electron chi connectivity index (χ2n) is 9.30. The Bertz CT molecular complexity index is 1160. The van der Waals surface area contributed by atoms with Crippen molar-refractivity contribution in [1.82, 2.24) is 0 Å². The zero-order valence-electron chi connectivity index (χ0n) is 19.9. The van der Waals surface area contributed by atoms with Gasteiger partial charge in [-0.05, 0) is 46.9 Å². The Hall–Kier alpha value is -2.49. The standard InChI is InChI=1S/C28H31ClNO2.ClH/c1-28(2,3)22-12-10-19(11-13-22)27-23-17-26(32-5)25(31-4)16-20(23)14-15-30(27)18-21-8-6-7-9-24(21)29;/h6-13,16-17H,14-15,18H2,1-5H3;1H/q+1;/p-1. The van der Waals surface area contributed by atoms with Crippen molar-refractivity contribution in [1.29, 1.82) is 0 Å². The minimum atomic E-state index is 0. The van der Waals surface area contributed by atoms with Crippen molar-refractivity contribution in [2.24, 2.45) is 0 Å². The van der Waals surface area contributed by atoms with Gasteiger partial charge in [0.1, 0.15) is 6.54 Å². The van der Waals surface area contributed by atoms with Gasteiger partial charge in [0, 0.05) is 17.5 Å². The van der Waals surface area contributed by atoms with Crippen LogP contribution in [0.5, 0.6) is 11.5 Å². The number of halogens is 2. The van der Waals surface area contributed by atoms with E-state index in [-0.39, 0.29) is 17.8 Å². The summed E-state index contributed by atoms with van der Waals surface area (Å²) in [7, 11) is 3.37. The molecule has 1 aliphatic rings. The molecule has 33 heavy (non-hydrogen) atoms. The molecule has 0 spiro atoms. The van der Waals surface area contributed by atoms with Crippen molar-refractivity contribution in [2.45, 2.75) is 39.2 Å². The van der Waals surface area contributed by atoms with E-state index in [4.69, 9.17) is 21.1 Å². The van der Waals surface area contributed by atoms with Crippen molar-refractivity contribution in [3.8, 4) is 11.5 Å². The van der Waals surface area contributed by atoms with E-state index < -0.39 is 0 Å². The number of rotatable bonds is 5. The first kappa shape index (κ1) is 25.1. The number of nitrogens with zero attached hydrogens (tertiary/aromatic N) is 1. The maximum atomic E-state index is 6.52. The second kappa shape index (κ2) is 10.2. The molecule has 1 aliphatic heterocycles. The number of fused-ring (bicyclic) bond motifs is 1. The average Bonchev–Trinajstić information content (AvgIpc) is 2.79. The van der Waals surface area contributed by atoms with E-state index in [9.17, 15) is 0 Å². The summed E-state index contributed by atoms with van der Waals surface area (Å²) in [5.41, 5.74) is 7.41. The summed E-state index contributed by atoms with van der Waals surface area (Å²) in [4.78, 5) is 0. The summed E-state index contributed by atoms with van der Waals surface area (Å²) in [5, 5.41) is 0.799. The number of methoxy groups -OCH3 is 2. The van der Waals surface area contributed by atoms with Gasteiger partial charge in [-0.3, -0.25) is 0 Å². The van der Waals surface area contributed by atoms with E-state index in [0.717, 1.165) is 41.6 Å². The van der Waals surface area contributed by atoms with Crippen LogP contribution < -0.4 is 21.9 Å². The minimum absolute atomic E-state index is 0. The molecule has 0 amide bonds. The van der Waals surface area contributed by atoms with Crippen molar-refractivity contribution >= 4 is 17.3 Å². The van der Waals surface area contributed by atoms with Crippen LogP contribution in [-0.2, 0) is 18.4 Å². The fraction of sp³-hybridized carbons (Fsp3) is 0.321. The van der Waals surface area contributed by atoms with Gasteiger partial charge >= 0.3 is 0 Å². The van der Waals surface area contributed by atoms with Gasteiger partial charge in [0.15, 0.2) is 18.0 Å². The smallest absolute Gasteiger partial charge is 0.215 e. The van der Waals surface area contributed by atoms with Crippen LogP contribution in [0.1, 0.15) is 48.6 Å². The van der Waals surface area contributed by atoms with Gasteiger partial charge in [-0.1, -0.05) is 62.7 Å². The van der Waals surface area contributed by atoms with Crippen LogP contribution in [-0.4, -0.2) is 31.1 Å². The third kappa shape index (κ3) is 5.20. The molecule has 0 radical (unpaired) electrons. The Morgan fingerprint density at radius 3 is 2.15 bits per heavy atom. The van der Waals surface area contributed by atoms with E-state index in [2.05, 4.69) is 67.8 Å². The molecule has 0 atom stereocenters. The summed E-state index contributed by atoms with van der Waals surface area (Å²) >= 11 is 6.52. The van der Waals surface area contributed by atoms with Gasteiger partial charge in [-0.25, -0.2) is 4.58 Å². The predicted octanol–water partition coefficient (Wildman–Crippen LogP) is 3.26. The molecule has 0 N–H and O–H groups in total. The normalized spacial score (nSPS) is 13.3. The Morgan fingerprint density at radius 1 is 0.909 bits per heavy atom. The maximum absolute atomic E-state index is 6.52. The number of hydrogen-bond donors (Lipinski definition) is 0. The van der Waals surface area contributed by atoms with Crippen molar-refractivity contribution < 1.29 is 26.5 Å². The number of ether oxygens (including phenoxy) is 2. The average molecular weight is 484 g/mol. The summed E-state index contributed by atoms with van der Waals surface area (Å²) in [6.45, 7) is 8.39. The first-order valence-electron chi connectivity index (χ1n) is 11.0. The molecule has 0 aliphatic carbocycles. The van der Waals surface area contributed by atoms with Gasteiger partial charge in [-0.2, -0.15) is 0 Å². The van der Waals surface area contributed by atoms with Crippen LogP contribution in [0.15, 0.2) is 60.7 Å². The monoisotopic (exact) mass is 483 g/mol. The van der Waals surface area contributed by atoms with Crippen LogP contribution in [0, 0.1) is 0 Å². The quantitative estimate of drug-likeness (QED) is 0.519. The predicted molar refractivity (Wildman–Crippen MR) is 132 cm³/mol. The van der Waals surface area contributed by atoms with Crippen molar-refractivity contribution in [3.05, 3.63) is 93.5 Å². The fourth-order valence-electron chi connectivity index (χ4n) is 4.34. The van der Waals surface area contributed by atoms with Crippen LogP contribution in [0.3, 0.4) is 0 Å². The molecule has 4 rings (SSSR count). The molecule has 3 aromatic rings. The molecule has 0 saturated heterocycles. The van der Waals surface area contributed by atoms with Crippen LogP contribution in [0.4, 0.5) is 0 Å². The SMILES string of the molecule is COc1cc2c(cc1OC)C(c1ccc(C(C)(C)C)cc1)=[N+](Cc1ccccc1Cl)CC2.[Cl-]. The molecule has 0 saturated carbocycles. The Morgan fingerprint density at radius 2 is 1.55 bits per heavy atom. The highest BCUT2D eigenvalue weighted by Gasteiger charge is 2.30. The van der Waals surface area contributed by atoms with E-state index >= 15 is 0 Å². The van der Waals surface area contributed by atoms with E-state index in [0.29, 0.717) is 0 Å². The molecule has 3 nitrogen and oxygen atoms in total. The fourth-order valence-corrected chi connectivity index (χ4v) is 4.54. The van der Waals surface area contributed by atoms with Crippen LogP contribution in [0.25, 0.3) is 0 Å². The van der Waals surface area contributed by atoms with Crippen LogP contribution in [0.2, 0.25) is 5.02 Å². The molecule has 1 heterocycles. The molecule has 0 unspecified atom stereocenters. The summed E-state index contributed by atoms with van der Waals surface area (Å²) in [6.07, 6.45) is 0.934. The zero-order chi connectivity index (χ0) is 22.9. The lowest BCUT2D eigenvalue weighted by Gasteiger charge is -2.22. The third-order valence-electron chi connectivity index (χ3n) is 6.18. The molecule has 3 aromatic carbocycles. The van der Waals surface area contributed by atoms with E-state index in [1.54, 1.807) is 14.2 Å². The molecule has 0 bridgehead atoms. The first-order chi connectivity index (χ1) is 15.3. The summed E-state index contributed by atoms with van der Waals surface area (Å²) in [6, 6.07) is 21.3. The minimum Gasteiger partial charge on any atom is -1.00 e. The largest absolute Gasteiger partial charge is 1.00 e. The van der Waals surface area contributed by atoms with E-state index in [1.807, 2.05) is 18.2 Å². The second-order valence-corrected chi connectivity index (χ2v) is 9.71. The molecular weight excluding hydrogens is 453 g/mol. The van der Waals surface area contributed by atoms with Gasteiger partial charge in [0.05, 0.1) is 24.8 Å². The Balaban J connectivity index is 0.00000306. The molecular formula is C28H31Cl2NO2. The van der Waals surface area contributed by atoms with Crippen molar-refractivity contribution in [2.75, 3.05) is 20.8 Å². The maximum Gasteiger partial charge on any atom is 0.215 e. The van der Waals surface area contributed by atoms with Gasteiger partial charge in [-0.15, -0.1) is 0 Å². The van der Waals surface area contributed by atoms with Gasteiger partial charge in [0.25, 0.3) is 0 Å².